The topological polar surface area (TPSA) is 85.3 Å². The molecule has 0 atom stereocenters. The van der Waals surface area contributed by atoms with Crippen LogP contribution < -0.4 is 10.2 Å². The molecule has 2 aliphatic rings. The number of methoxy groups -OCH3 is 1. The molecule has 1 amide bonds. The average molecular weight is 388 g/mol. The molecule has 0 spiro atoms. The van der Waals surface area contributed by atoms with Gasteiger partial charge in [0.25, 0.3) is 5.91 Å². The lowest BCUT2D eigenvalue weighted by Gasteiger charge is -2.36. The summed E-state index contributed by atoms with van der Waals surface area (Å²) in [4.78, 5) is 31.1. The van der Waals surface area contributed by atoms with Gasteiger partial charge in [-0.3, -0.25) is 4.79 Å². The van der Waals surface area contributed by atoms with E-state index in [0.717, 1.165) is 44.1 Å². The van der Waals surface area contributed by atoms with Crippen LogP contribution in [0.25, 0.3) is 0 Å². The van der Waals surface area contributed by atoms with E-state index in [-0.39, 0.29) is 36.9 Å². The van der Waals surface area contributed by atoms with Gasteiger partial charge < -0.3 is 29.9 Å². The van der Waals surface area contributed by atoms with Crippen molar-refractivity contribution in [3.8, 4) is 0 Å². The van der Waals surface area contributed by atoms with Gasteiger partial charge in [0.2, 0.25) is 0 Å². The van der Waals surface area contributed by atoms with Crippen LogP contribution in [-0.2, 0) is 14.3 Å². The second-order valence-corrected chi connectivity index (χ2v) is 6.86. The summed E-state index contributed by atoms with van der Waals surface area (Å²) < 4.78 is 4.85. The molecule has 0 aromatic heterocycles. The van der Waals surface area contributed by atoms with Gasteiger partial charge in [-0.15, -0.1) is 0 Å². The van der Waals surface area contributed by atoms with E-state index in [9.17, 15) is 14.7 Å². The molecule has 0 aliphatic carbocycles. The Morgan fingerprint density at radius 1 is 1.21 bits per heavy atom. The van der Waals surface area contributed by atoms with Crippen molar-refractivity contribution < 1.29 is 19.4 Å². The highest BCUT2D eigenvalue weighted by Gasteiger charge is 2.35. The molecule has 1 aromatic carbocycles. The van der Waals surface area contributed by atoms with E-state index >= 15 is 0 Å². The summed E-state index contributed by atoms with van der Waals surface area (Å²) >= 11 is 0. The molecule has 8 heteroatoms. The van der Waals surface area contributed by atoms with Crippen LogP contribution in [0, 0.1) is 0 Å². The monoisotopic (exact) mass is 388 g/mol. The zero-order valence-corrected chi connectivity index (χ0v) is 16.5. The van der Waals surface area contributed by atoms with Crippen LogP contribution >= 0.6 is 0 Å². The van der Waals surface area contributed by atoms with E-state index in [1.165, 1.54) is 12.0 Å². The normalized spacial score (nSPS) is 18.0. The lowest BCUT2D eigenvalue weighted by Crippen LogP contribution is -2.46. The van der Waals surface area contributed by atoms with Gasteiger partial charge in [-0.05, 0) is 18.7 Å². The molecule has 0 bridgehead atoms. The van der Waals surface area contributed by atoms with Gasteiger partial charge in [-0.2, -0.15) is 0 Å². The number of nitrogens with zero attached hydrogens (tertiary/aromatic N) is 3. The third kappa shape index (κ3) is 4.13. The average Bonchev–Trinajstić information content (AvgIpc) is 3.04. The lowest BCUT2D eigenvalue weighted by molar-refractivity contribution is -0.136. The van der Waals surface area contributed by atoms with Crippen LogP contribution in [0.1, 0.15) is 6.92 Å². The molecule has 1 saturated heterocycles. The molecule has 0 radical (unpaired) electrons. The van der Waals surface area contributed by atoms with Crippen molar-refractivity contribution in [3.05, 3.63) is 35.5 Å². The van der Waals surface area contributed by atoms with Gasteiger partial charge in [-0.25, -0.2) is 4.79 Å². The zero-order valence-electron chi connectivity index (χ0n) is 16.5. The molecule has 152 valence electrons. The fourth-order valence-corrected chi connectivity index (χ4v) is 3.64. The number of β-amino-alcohol motifs (C(OH)–C–C–N with tert-alkyl or cyclic N) is 1. The minimum absolute atomic E-state index is 0.131. The number of nitrogens with one attached hydrogen (secondary N) is 1. The van der Waals surface area contributed by atoms with Crippen molar-refractivity contribution in [2.75, 3.05) is 69.7 Å². The van der Waals surface area contributed by atoms with Gasteiger partial charge >= 0.3 is 5.97 Å². The number of piperazine rings is 1. The highest BCUT2D eigenvalue weighted by Crippen LogP contribution is 2.30. The number of hydrogen-bond acceptors (Lipinski definition) is 7. The number of ether oxygens (including phenoxy) is 1. The van der Waals surface area contributed by atoms with E-state index < -0.39 is 5.97 Å². The maximum atomic E-state index is 12.8. The number of hydrogen-bond donors (Lipinski definition) is 2. The minimum atomic E-state index is -0.537. The molecule has 2 heterocycles. The Bertz CT molecular complexity index is 756. The highest BCUT2D eigenvalue weighted by atomic mass is 16.5. The Morgan fingerprint density at radius 3 is 2.57 bits per heavy atom. The first kappa shape index (κ1) is 20.2. The first-order chi connectivity index (χ1) is 13.6. The number of benzene rings is 1. The number of rotatable bonds is 7. The van der Waals surface area contributed by atoms with Crippen molar-refractivity contribution >= 4 is 23.3 Å². The fraction of sp³-hybridized carbons (Fsp3) is 0.500. The Balaban J connectivity index is 1.86. The van der Waals surface area contributed by atoms with E-state index in [2.05, 4.69) is 22.0 Å². The first-order valence-corrected chi connectivity index (χ1v) is 9.64. The van der Waals surface area contributed by atoms with Gasteiger partial charge in [0.1, 0.15) is 5.70 Å². The predicted octanol–water partition coefficient (Wildman–Crippen LogP) is 0.502. The molecule has 0 unspecified atom stereocenters. The second-order valence-electron chi connectivity index (χ2n) is 6.86. The van der Waals surface area contributed by atoms with Crippen molar-refractivity contribution in [3.63, 3.8) is 0 Å². The summed E-state index contributed by atoms with van der Waals surface area (Å²) in [5.41, 5.74) is 2.29. The van der Waals surface area contributed by atoms with Crippen LogP contribution in [0.2, 0.25) is 0 Å². The number of carbonyl (C=O) groups is 2. The molecule has 0 saturated carbocycles. The van der Waals surface area contributed by atoms with Crippen molar-refractivity contribution in [1.29, 1.82) is 0 Å². The molecule has 28 heavy (non-hydrogen) atoms. The quantitative estimate of drug-likeness (QED) is 0.658. The number of likely N-dealkylation sites (N-methyl/N-ethyl adjacent to an activating group) is 1. The largest absolute Gasteiger partial charge is 0.466 e. The Morgan fingerprint density at radius 2 is 1.93 bits per heavy atom. The zero-order chi connectivity index (χ0) is 20.1. The van der Waals surface area contributed by atoms with Crippen molar-refractivity contribution in [2.45, 2.75) is 6.92 Å². The standard InChI is InChI=1S/C20H28N4O4/c1-3-22-8-10-23(11-9-22)17-7-5-4-6-16(17)21-18-15(20(27)28-2)14-24(12-13-25)19(18)26/h4-7,21,25H,3,8-14H2,1-2H3. The molecule has 2 aliphatic heterocycles. The molecular weight excluding hydrogens is 360 g/mol. The van der Waals surface area contributed by atoms with Crippen LogP contribution in [0.15, 0.2) is 35.5 Å². The van der Waals surface area contributed by atoms with Crippen LogP contribution in [-0.4, -0.2) is 86.3 Å². The SMILES string of the molecule is CCN1CCN(c2ccccc2NC2=C(C(=O)OC)CN(CCO)C2=O)CC1. The van der Waals surface area contributed by atoms with E-state index in [0.29, 0.717) is 0 Å². The van der Waals surface area contributed by atoms with Gasteiger partial charge in [0, 0.05) is 32.7 Å². The lowest BCUT2D eigenvalue weighted by atomic mass is 10.2. The van der Waals surface area contributed by atoms with Gasteiger partial charge in [0.15, 0.2) is 0 Å². The third-order valence-corrected chi connectivity index (χ3v) is 5.28. The number of para-hydroxylation sites is 2. The Labute approximate surface area is 165 Å². The number of aliphatic hydroxyl groups is 1. The summed E-state index contributed by atoms with van der Waals surface area (Å²) in [6.07, 6.45) is 0. The maximum absolute atomic E-state index is 12.8. The number of amides is 1. The number of carbonyl (C=O) groups excluding carboxylic acids is 2. The van der Waals surface area contributed by atoms with E-state index in [1.54, 1.807) is 0 Å². The van der Waals surface area contributed by atoms with E-state index in [1.807, 2.05) is 24.3 Å². The summed E-state index contributed by atoms with van der Waals surface area (Å²) in [5, 5.41) is 12.4. The van der Waals surface area contributed by atoms with Crippen LogP contribution in [0.4, 0.5) is 11.4 Å². The first-order valence-electron chi connectivity index (χ1n) is 9.64. The summed E-state index contributed by atoms with van der Waals surface area (Å²) in [7, 11) is 1.30. The molecule has 2 N–H and O–H groups in total. The smallest absolute Gasteiger partial charge is 0.337 e. The second kappa shape index (κ2) is 9.07. The molecular formula is C20H28N4O4. The van der Waals surface area contributed by atoms with Crippen LogP contribution in [0.5, 0.6) is 0 Å². The fourth-order valence-electron chi connectivity index (χ4n) is 3.64. The summed E-state index contributed by atoms with van der Waals surface area (Å²) in [6.45, 7) is 7.13. The molecule has 1 fully saturated rings. The van der Waals surface area contributed by atoms with Gasteiger partial charge in [0.05, 0.1) is 37.2 Å². The van der Waals surface area contributed by atoms with Crippen molar-refractivity contribution in [1.82, 2.24) is 9.80 Å². The minimum Gasteiger partial charge on any atom is -0.466 e. The van der Waals surface area contributed by atoms with E-state index in [4.69, 9.17) is 4.74 Å². The van der Waals surface area contributed by atoms with Crippen molar-refractivity contribution in [2.24, 2.45) is 0 Å². The molecule has 8 nitrogen and oxygen atoms in total. The predicted molar refractivity (Wildman–Crippen MR) is 107 cm³/mol. The molecule has 1 aromatic rings. The number of aliphatic hydroxyl groups excluding tert-OH is 1. The Kier molecular flexibility index (Phi) is 6.53. The number of esters is 1. The highest BCUT2D eigenvalue weighted by molar-refractivity contribution is 6.09. The number of anilines is 2. The molecule has 3 rings (SSSR count). The Hall–Kier alpha value is -2.58. The summed E-state index contributed by atoms with van der Waals surface area (Å²) in [6, 6.07) is 7.80. The van der Waals surface area contributed by atoms with Gasteiger partial charge in [-0.1, -0.05) is 19.1 Å². The van der Waals surface area contributed by atoms with Crippen LogP contribution in [0.3, 0.4) is 0 Å². The summed E-state index contributed by atoms with van der Waals surface area (Å²) in [5.74, 6) is -0.842. The maximum Gasteiger partial charge on any atom is 0.337 e. The third-order valence-electron chi connectivity index (χ3n) is 5.28.